The molecular weight excluding hydrogens is 406 g/mol. The minimum Gasteiger partial charge on any atom is -0.459 e. The van der Waals surface area contributed by atoms with Gasteiger partial charge in [-0.3, -0.25) is 0 Å². The first kappa shape index (κ1) is 22.3. The fourth-order valence-corrected chi connectivity index (χ4v) is 3.43. The van der Waals surface area contributed by atoms with Crippen LogP contribution in [0.3, 0.4) is 0 Å². The molecule has 0 heterocycles. The van der Waals surface area contributed by atoms with E-state index in [4.69, 9.17) is 10.5 Å². The molecule has 2 N–H and O–H groups in total. The Hall–Kier alpha value is -3.38. The number of nitrogens with zero attached hydrogens (tertiary/aromatic N) is 2. The Labute approximate surface area is 187 Å². The lowest BCUT2D eigenvalue weighted by atomic mass is 10.0. The smallest absolute Gasteiger partial charge is 0.338 e. The van der Waals surface area contributed by atoms with E-state index in [2.05, 4.69) is 10.2 Å². The van der Waals surface area contributed by atoms with Crippen LogP contribution in [-0.2, 0) is 10.5 Å². The van der Waals surface area contributed by atoms with Crippen LogP contribution in [0.15, 0.2) is 89.1 Å². The lowest BCUT2D eigenvalue weighted by Crippen LogP contribution is -2.11. The Kier molecular flexibility index (Phi) is 8.01. The van der Waals surface area contributed by atoms with Gasteiger partial charge in [-0.15, -0.1) is 5.10 Å². The maximum atomic E-state index is 12.2. The van der Waals surface area contributed by atoms with Crippen LogP contribution in [0.5, 0.6) is 0 Å². The normalized spacial score (nSPS) is 11.8. The Morgan fingerprint density at radius 2 is 1.71 bits per heavy atom. The highest BCUT2D eigenvalue weighted by molar-refractivity contribution is 8.13. The quantitative estimate of drug-likeness (QED) is 0.232. The van der Waals surface area contributed by atoms with Crippen molar-refractivity contribution in [2.45, 2.75) is 25.7 Å². The molecule has 6 heteroatoms. The predicted octanol–water partition coefficient (Wildman–Crippen LogP) is 5.50. The van der Waals surface area contributed by atoms with E-state index in [1.165, 1.54) is 17.3 Å². The van der Waals surface area contributed by atoms with Crippen molar-refractivity contribution in [3.63, 3.8) is 0 Å². The summed E-state index contributed by atoms with van der Waals surface area (Å²) in [5.74, 6) is 0.420. The van der Waals surface area contributed by atoms with Gasteiger partial charge in [-0.2, -0.15) is 5.10 Å². The Morgan fingerprint density at radius 1 is 1.00 bits per heavy atom. The first-order valence-electron chi connectivity index (χ1n) is 9.96. The van der Waals surface area contributed by atoms with Gasteiger partial charge in [0.05, 0.1) is 17.9 Å². The van der Waals surface area contributed by atoms with Crippen LogP contribution in [0.2, 0.25) is 0 Å². The fourth-order valence-electron chi connectivity index (χ4n) is 2.82. The zero-order valence-corrected chi connectivity index (χ0v) is 18.4. The number of nitrogens with two attached hydrogens (primary N) is 1. The van der Waals surface area contributed by atoms with Gasteiger partial charge < -0.3 is 10.5 Å². The zero-order valence-electron chi connectivity index (χ0n) is 17.6. The maximum absolute atomic E-state index is 12.2. The van der Waals surface area contributed by atoms with Crippen LogP contribution in [0, 0.1) is 0 Å². The van der Waals surface area contributed by atoms with Gasteiger partial charge in [0.25, 0.3) is 0 Å². The standard InChI is InChI=1S/C25H25N3O2S/c1-18(2)30-24(29)23-13-7-12-22(15-23)21-11-6-10-20(14-21)16-27-28-25(26)31-17-19-8-4-3-5-9-19/h3-16,18H,17H2,1-2H3,(H2,26,28). The molecule has 0 atom stereocenters. The van der Waals surface area contributed by atoms with Crippen LogP contribution in [0.4, 0.5) is 0 Å². The van der Waals surface area contributed by atoms with Crippen LogP contribution >= 0.6 is 11.8 Å². The molecule has 0 aliphatic rings. The largest absolute Gasteiger partial charge is 0.459 e. The van der Waals surface area contributed by atoms with Gasteiger partial charge in [0.15, 0.2) is 5.17 Å². The average Bonchev–Trinajstić information content (AvgIpc) is 2.78. The van der Waals surface area contributed by atoms with E-state index in [0.717, 1.165) is 22.4 Å². The highest BCUT2D eigenvalue weighted by Gasteiger charge is 2.10. The summed E-state index contributed by atoms with van der Waals surface area (Å²) >= 11 is 1.44. The lowest BCUT2D eigenvalue weighted by molar-refractivity contribution is 0.0378. The number of benzene rings is 3. The lowest BCUT2D eigenvalue weighted by Gasteiger charge is -2.09. The summed E-state index contributed by atoms with van der Waals surface area (Å²) in [6.45, 7) is 3.67. The van der Waals surface area contributed by atoms with Gasteiger partial charge in [0.1, 0.15) is 0 Å². The van der Waals surface area contributed by atoms with Crippen molar-refractivity contribution >= 4 is 29.1 Å². The summed E-state index contributed by atoms with van der Waals surface area (Å²) in [6, 6.07) is 25.3. The number of esters is 1. The molecule has 3 aromatic carbocycles. The van der Waals surface area contributed by atoms with E-state index in [1.807, 2.05) is 86.6 Å². The van der Waals surface area contributed by atoms with Gasteiger partial charge in [-0.05, 0) is 54.3 Å². The summed E-state index contributed by atoms with van der Waals surface area (Å²) in [6.07, 6.45) is 1.51. The maximum Gasteiger partial charge on any atom is 0.338 e. The molecule has 3 aromatic rings. The van der Waals surface area contributed by atoms with Gasteiger partial charge >= 0.3 is 5.97 Å². The zero-order chi connectivity index (χ0) is 22.1. The second-order valence-corrected chi connectivity index (χ2v) is 8.11. The molecule has 0 saturated heterocycles. The first-order valence-corrected chi connectivity index (χ1v) is 10.9. The van der Waals surface area contributed by atoms with E-state index in [1.54, 1.807) is 12.3 Å². The molecule has 0 aromatic heterocycles. The van der Waals surface area contributed by atoms with Crippen LogP contribution < -0.4 is 5.73 Å². The minimum atomic E-state index is -0.326. The molecule has 0 fully saturated rings. The van der Waals surface area contributed by atoms with Gasteiger partial charge in [-0.1, -0.05) is 72.4 Å². The summed E-state index contributed by atoms with van der Waals surface area (Å²) in [5.41, 5.74) is 10.4. The predicted molar refractivity (Wildman–Crippen MR) is 129 cm³/mol. The Morgan fingerprint density at radius 3 is 2.45 bits per heavy atom. The van der Waals surface area contributed by atoms with Crippen molar-refractivity contribution in [1.82, 2.24) is 0 Å². The second-order valence-electron chi connectivity index (χ2n) is 7.12. The number of ether oxygens (including phenoxy) is 1. The molecule has 3 rings (SSSR count). The molecule has 0 radical (unpaired) electrons. The van der Waals surface area contributed by atoms with Crippen LogP contribution in [0.1, 0.15) is 35.3 Å². The van der Waals surface area contributed by atoms with E-state index in [9.17, 15) is 4.79 Å². The van der Waals surface area contributed by atoms with E-state index in [0.29, 0.717) is 10.7 Å². The molecule has 0 spiro atoms. The monoisotopic (exact) mass is 431 g/mol. The third kappa shape index (κ3) is 7.12. The molecule has 31 heavy (non-hydrogen) atoms. The van der Waals surface area contributed by atoms with Crippen molar-refractivity contribution in [1.29, 1.82) is 0 Å². The first-order chi connectivity index (χ1) is 15.0. The molecule has 0 saturated carbocycles. The number of amidine groups is 1. The van der Waals surface area contributed by atoms with Crippen molar-refractivity contribution in [3.8, 4) is 11.1 Å². The highest BCUT2D eigenvalue weighted by Crippen LogP contribution is 2.22. The van der Waals surface area contributed by atoms with E-state index < -0.39 is 0 Å². The van der Waals surface area contributed by atoms with Gasteiger partial charge in [0, 0.05) is 5.75 Å². The molecule has 0 aliphatic carbocycles. The van der Waals surface area contributed by atoms with E-state index in [-0.39, 0.29) is 12.1 Å². The molecule has 0 amide bonds. The third-order valence-electron chi connectivity index (χ3n) is 4.25. The number of hydrogen-bond acceptors (Lipinski definition) is 5. The van der Waals surface area contributed by atoms with Crippen molar-refractivity contribution in [2.75, 3.05) is 0 Å². The Balaban J connectivity index is 1.67. The molecule has 5 nitrogen and oxygen atoms in total. The molecule has 0 aliphatic heterocycles. The molecular formula is C25H25N3O2S. The van der Waals surface area contributed by atoms with Gasteiger partial charge in [-0.25, -0.2) is 4.79 Å². The van der Waals surface area contributed by atoms with Crippen molar-refractivity contribution < 1.29 is 9.53 Å². The number of thioether (sulfide) groups is 1. The van der Waals surface area contributed by atoms with Crippen LogP contribution in [-0.4, -0.2) is 23.5 Å². The average molecular weight is 432 g/mol. The Bertz CT molecular complexity index is 1080. The molecule has 0 bridgehead atoms. The second kappa shape index (κ2) is 11.1. The molecule has 158 valence electrons. The number of rotatable bonds is 7. The van der Waals surface area contributed by atoms with E-state index >= 15 is 0 Å². The summed E-state index contributed by atoms with van der Waals surface area (Å²) in [7, 11) is 0. The number of hydrogen-bond donors (Lipinski definition) is 1. The summed E-state index contributed by atoms with van der Waals surface area (Å²) < 4.78 is 5.29. The fraction of sp³-hybridized carbons (Fsp3) is 0.160. The van der Waals surface area contributed by atoms with Gasteiger partial charge in [0.2, 0.25) is 0 Å². The number of carbonyl (C=O) groups is 1. The minimum absolute atomic E-state index is 0.158. The van der Waals surface area contributed by atoms with Crippen molar-refractivity contribution in [2.24, 2.45) is 15.9 Å². The SMILES string of the molecule is CC(C)OC(=O)c1cccc(-c2cccc(C=NN=C(N)SCc3ccccc3)c2)c1. The number of carbonyl (C=O) groups excluding carboxylic acids is 1. The highest BCUT2D eigenvalue weighted by atomic mass is 32.2. The molecule has 0 unspecified atom stereocenters. The van der Waals surface area contributed by atoms with Crippen LogP contribution in [0.25, 0.3) is 11.1 Å². The summed E-state index contributed by atoms with van der Waals surface area (Å²) in [5, 5.41) is 8.59. The summed E-state index contributed by atoms with van der Waals surface area (Å²) in [4.78, 5) is 12.2. The topological polar surface area (TPSA) is 77.0 Å². The van der Waals surface area contributed by atoms with Crippen molar-refractivity contribution in [3.05, 3.63) is 95.6 Å². The third-order valence-corrected chi connectivity index (χ3v) is 5.11.